The van der Waals surface area contributed by atoms with Crippen LogP contribution in [-0.2, 0) is 14.3 Å². The molecule has 0 aliphatic carbocycles. The molecule has 5 heteroatoms. The number of esters is 1. The van der Waals surface area contributed by atoms with Crippen LogP contribution in [0.4, 0.5) is 0 Å². The minimum atomic E-state index is -0.255. The van der Waals surface area contributed by atoms with Gasteiger partial charge in [-0.3, -0.25) is 4.79 Å². The Kier molecular flexibility index (Phi) is 16.5. The zero-order chi connectivity index (χ0) is 9.82. The minimum Gasteiger partial charge on any atom is -0.463 e. The van der Waals surface area contributed by atoms with Crippen molar-refractivity contribution in [2.75, 3.05) is 25.2 Å². The van der Waals surface area contributed by atoms with Crippen LogP contribution >= 0.6 is 23.2 Å². The zero-order valence-electron chi connectivity index (χ0n) is 7.31. The van der Waals surface area contributed by atoms with Gasteiger partial charge >= 0.3 is 5.97 Å². The highest BCUT2D eigenvalue weighted by atomic mass is 35.5. The maximum atomic E-state index is 10.1. The van der Waals surface area contributed by atoms with Gasteiger partial charge in [0.15, 0.2) is 0 Å². The molecule has 0 aliphatic heterocycles. The molecule has 0 radical (unpaired) electrons. The van der Waals surface area contributed by atoms with Crippen LogP contribution < -0.4 is 0 Å². The Hall–Kier alpha value is 0.01000. The third-order valence-corrected chi connectivity index (χ3v) is 0.737. The highest BCUT2D eigenvalue weighted by molar-refractivity contribution is 6.40. The van der Waals surface area contributed by atoms with E-state index in [0.29, 0.717) is 19.8 Å². The van der Waals surface area contributed by atoms with Crippen molar-refractivity contribution in [3.05, 3.63) is 0 Å². The lowest BCUT2D eigenvalue weighted by molar-refractivity contribution is -0.142. The largest absolute Gasteiger partial charge is 0.463 e. The first kappa shape index (κ1) is 14.5. The fourth-order valence-electron chi connectivity index (χ4n) is 0.389. The van der Waals surface area contributed by atoms with Gasteiger partial charge in [-0.1, -0.05) is 0 Å². The first-order valence-electron chi connectivity index (χ1n) is 3.52. The van der Waals surface area contributed by atoms with Crippen molar-refractivity contribution in [3.8, 4) is 0 Å². The first-order chi connectivity index (χ1) is 5.68. The van der Waals surface area contributed by atoms with Crippen LogP contribution in [0.25, 0.3) is 0 Å². The van der Waals surface area contributed by atoms with Gasteiger partial charge in [-0.15, -0.1) is 23.2 Å². The standard InChI is InChI=1S/C6H12O3.CH2Cl2/c1-3-8-4-5-9-6(2)7;2-1-3/h3-5H2,1-2H3;1H2. The van der Waals surface area contributed by atoms with Crippen molar-refractivity contribution in [1.29, 1.82) is 0 Å². The minimum absolute atomic E-state index is 0.194. The lowest BCUT2D eigenvalue weighted by atomic mass is 10.7. The molecule has 0 unspecified atom stereocenters. The Morgan fingerprint density at radius 1 is 1.33 bits per heavy atom. The van der Waals surface area contributed by atoms with Crippen molar-refractivity contribution in [3.63, 3.8) is 0 Å². The predicted molar refractivity (Wildman–Crippen MR) is 49.7 cm³/mol. The van der Waals surface area contributed by atoms with E-state index in [9.17, 15) is 4.79 Å². The third-order valence-electron chi connectivity index (χ3n) is 0.737. The molecule has 0 aliphatic rings. The number of carbonyl (C=O) groups is 1. The fraction of sp³-hybridized carbons (Fsp3) is 0.857. The van der Waals surface area contributed by atoms with Crippen LogP contribution in [0.3, 0.4) is 0 Å². The number of alkyl halides is 2. The molecule has 0 rings (SSSR count). The van der Waals surface area contributed by atoms with Gasteiger partial charge in [-0.2, -0.15) is 0 Å². The van der Waals surface area contributed by atoms with Crippen LogP contribution in [0.5, 0.6) is 0 Å². The quantitative estimate of drug-likeness (QED) is 0.410. The van der Waals surface area contributed by atoms with Gasteiger partial charge in [0, 0.05) is 13.5 Å². The molecule has 0 aromatic rings. The average Bonchev–Trinajstić information content (AvgIpc) is 1.99. The zero-order valence-corrected chi connectivity index (χ0v) is 8.82. The van der Waals surface area contributed by atoms with Gasteiger partial charge < -0.3 is 9.47 Å². The van der Waals surface area contributed by atoms with Crippen LogP contribution in [0.1, 0.15) is 13.8 Å². The second-order valence-electron chi connectivity index (χ2n) is 1.64. The predicted octanol–water partition coefficient (Wildman–Crippen LogP) is 2.01. The highest BCUT2D eigenvalue weighted by Crippen LogP contribution is 1.77. The second-order valence-corrected chi connectivity index (χ2v) is 2.45. The van der Waals surface area contributed by atoms with Crippen LogP contribution in [0.2, 0.25) is 0 Å². The lowest BCUT2D eigenvalue weighted by Crippen LogP contribution is -2.06. The molecule has 0 aromatic heterocycles. The smallest absolute Gasteiger partial charge is 0.302 e. The summed E-state index contributed by atoms with van der Waals surface area (Å²) in [6.45, 7) is 4.81. The third kappa shape index (κ3) is 22.5. The molecule has 0 atom stereocenters. The molecule has 74 valence electrons. The van der Waals surface area contributed by atoms with E-state index in [2.05, 4.69) is 4.74 Å². The molecular weight excluding hydrogens is 203 g/mol. The summed E-state index contributed by atoms with van der Waals surface area (Å²) in [5, 5.41) is 0.194. The van der Waals surface area contributed by atoms with E-state index in [-0.39, 0.29) is 11.3 Å². The van der Waals surface area contributed by atoms with Gasteiger partial charge in [0.2, 0.25) is 0 Å². The van der Waals surface area contributed by atoms with Crippen LogP contribution in [0.15, 0.2) is 0 Å². The molecule has 3 nitrogen and oxygen atoms in total. The summed E-state index contributed by atoms with van der Waals surface area (Å²) < 4.78 is 9.49. The molecule has 12 heavy (non-hydrogen) atoms. The van der Waals surface area contributed by atoms with Crippen molar-refractivity contribution >= 4 is 29.2 Å². The SMILES string of the molecule is CCOCCOC(C)=O.ClCCl. The van der Waals surface area contributed by atoms with E-state index < -0.39 is 0 Å². The Morgan fingerprint density at radius 2 is 1.83 bits per heavy atom. The first-order valence-corrected chi connectivity index (χ1v) is 4.58. The lowest BCUT2D eigenvalue weighted by Gasteiger charge is -1.99. The Morgan fingerprint density at radius 3 is 2.17 bits per heavy atom. The van der Waals surface area contributed by atoms with Crippen LogP contribution in [-0.4, -0.2) is 31.1 Å². The summed E-state index contributed by atoms with van der Waals surface area (Å²) in [7, 11) is 0. The highest BCUT2D eigenvalue weighted by Gasteiger charge is 1.89. The van der Waals surface area contributed by atoms with E-state index in [1.165, 1.54) is 6.92 Å². The molecular formula is C7H14Cl2O3. The molecule has 0 spiro atoms. The molecule has 0 saturated carbocycles. The van der Waals surface area contributed by atoms with Crippen molar-refractivity contribution in [2.45, 2.75) is 13.8 Å². The Bertz CT molecular complexity index is 98.7. The molecule has 0 heterocycles. The monoisotopic (exact) mass is 216 g/mol. The van der Waals surface area contributed by atoms with Gasteiger partial charge in [0.25, 0.3) is 0 Å². The number of rotatable bonds is 4. The van der Waals surface area contributed by atoms with Gasteiger partial charge in [0.05, 0.1) is 11.9 Å². The van der Waals surface area contributed by atoms with Crippen molar-refractivity contribution in [1.82, 2.24) is 0 Å². The number of ether oxygens (including phenoxy) is 2. The van der Waals surface area contributed by atoms with Gasteiger partial charge in [-0.05, 0) is 6.92 Å². The molecule has 0 N–H and O–H groups in total. The average molecular weight is 217 g/mol. The number of halogens is 2. The molecule has 0 bridgehead atoms. The van der Waals surface area contributed by atoms with Crippen LogP contribution in [0, 0.1) is 0 Å². The fourth-order valence-corrected chi connectivity index (χ4v) is 0.389. The van der Waals surface area contributed by atoms with Gasteiger partial charge in [0.1, 0.15) is 6.61 Å². The van der Waals surface area contributed by atoms with E-state index in [1.54, 1.807) is 0 Å². The van der Waals surface area contributed by atoms with Crippen molar-refractivity contribution < 1.29 is 14.3 Å². The summed E-state index contributed by atoms with van der Waals surface area (Å²) >= 11 is 9.53. The van der Waals surface area contributed by atoms with Crippen molar-refractivity contribution in [2.24, 2.45) is 0 Å². The van der Waals surface area contributed by atoms with E-state index in [1.807, 2.05) is 6.92 Å². The molecule has 0 amide bonds. The number of carbonyl (C=O) groups excluding carboxylic acids is 1. The molecule has 0 aromatic carbocycles. The molecule has 0 fully saturated rings. The van der Waals surface area contributed by atoms with Gasteiger partial charge in [-0.25, -0.2) is 0 Å². The van der Waals surface area contributed by atoms with E-state index in [0.717, 1.165) is 0 Å². The summed E-state index contributed by atoms with van der Waals surface area (Å²) in [5.74, 6) is -0.255. The maximum absolute atomic E-state index is 10.1. The molecule has 0 saturated heterocycles. The normalized spacial score (nSPS) is 8.33. The topological polar surface area (TPSA) is 35.5 Å². The van der Waals surface area contributed by atoms with E-state index >= 15 is 0 Å². The summed E-state index contributed by atoms with van der Waals surface area (Å²) in [5.41, 5.74) is 0. The Labute approximate surface area is 82.9 Å². The second kappa shape index (κ2) is 13.6. The number of hydrogen-bond acceptors (Lipinski definition) is 3. The van der Waals surface area contributed by atoms with E-state index in [4.69, 9.17) is 27.9 Å². The number of hydrogen-bond donors (Lipinski definition) is 0. The summed E-state index contributed by atoms with van der Waals surface area (Å²) in [6.07, 6.45) is 0. The summed E-state index contributed by atoms with van der Waals surface area (Å²) in [6, 6.07) is 0. The summed E-state index contributed by atoms with van der Waals surface area (Å²) in [4.78, 5) is 10.1. The Balaban J connectivity index is 0. The maximum Gasteiger partial charge on any atom is 0.302 e.